The molecule has 26 heavy (non-hydrogen) atoms. The highest BCUT2D eigenvalue weighted by Crippen LogP contribution is 2.17. The van der Waals surface area contributed by atoms with Crippen LogP contribution < -0.4 is 20.4 Å². The molecule has 2 N–H and O–H groups in total. The lowest BCUT2D eigenvalue weighted by Gasteiger charge is -2.27. The van der Waals surface area contributed by atoms with Crippen LogP contribution in [0.5, 0.6) is 0 Å². The van der Waals surface area contributed by atoms with Crippen LogP contribution in [0.4, 0.5) is 22.4 Å². The van der Waals surface area contributed by atoms with E-state index in [1.54, 1.807) is 0 Å². The Morgan fingerprint density at radius 3 is 2.50 bits per heavy atom. The van der Waals surface area contributed by atoms with Crippen molar-refractivity contribution in [3.8, 4) is 0 Å². The summed E-state index contributed by atoms with van der Waals surface area (Å²) in [4.78, 5) is 29.7. The van der Waals surface area contributed by atoms with Crippen molar-refractivity contribution in [2.75, 3.05) is 42.3 Å². The second-order valence-electron chi connectivity index (χ2n) is 6.47. The number of hydrogen-bond acceptors (Lipinski definition) is 6. The zero-order valence-corrected chi connectivity index (χ0v) is 15.3. The molecule has 0 unspecified atom stereocenters. The number of carbonyl (C=O) groups excluding carboxylic acids is 1. The average Bonchev–Trinajstić information content (AvgIpc) is 2.67. The predicted molar refractivity (Wildman–Crippen MR) is 103 cm³/mol. The Kier molecular flexibility index (Phi) is 5.83. The van der Waals surface area contributed by atoms with Crippen molar-refractivity contribution in [2.24, 2.45) is 0 Å². The maximum Gasteiger partial charge on any atom is 0.319 e. The second-order valence-corrected chi connectivity index (χ2v) is 6.47. The third kappa shape index (κ3) is 4.81. The Morgan fingerprint density at radius 2 is 1.81 bits per heavy atom. The molecule has 0 bridgehead atoms. The molecule has 1 fully saturated rings. The molecule has 2 amide bonds. The molecule has 1 aromatic heterocycles. The minimum absolute atomic E-state index is 0.239. The third-order valence-corrected chi connectivity index (χ3v) is 4.14. The van der Waals surface area contributed by atoms with Crippen molar-refractivity contribution in [2.45, 2.75) is 25.8 Å². The number of rotatable bonds is 5. The SMILES string of the molecule is CN(C)c1nc(CNC(=O)Nc2ccccc2)nc(N2CCCCC2)n1. The quantitative estimate of drug-likeness (QED) is 0.855. The molecule has 1 aliphatic heterocycles. The molecule has 8 nitrogen and oxygen atoms in total. The van der Waals surface area contributed by atoms with Gasteiger partial charge in [-0.05, 0) is 31.4 Å². The van der Waals surface area contributed by atoms with Gasteiger partial charge in [0.2, 0.25) is 11.9 Å². The molecular weight excluding hydrogens is 330 g/mol. The van der Waals surface area contributed by atoms with E-state index < -0.39 is 0 Å². The highest BCUT2D eigenvalue weighted by atomic mass is 16.2. The summed E-state index contributed by atoms with van der Waals surface area (Å²) in [6.45, 7) is 2.15. The van der Waals surface area contributed by atoms with Crippen LogP contribution in [-0.2, 0) is 6.54 Å². The molecule has 8 heteroatoms. The lowest BCUT2D eigenvalue weighted by Crippen LogP contribution is -2.33. The van der Waals surface area contributed by atoms with Gasteiger partial charge in [-0.25, -0.2) is 4.79 Å². The van der Waals surface area contributed by atoms with Gasteiger partial charge in [-0.1, -0.05) is 18.2 Å². The van der Waals surface area contributed by atoms with Crippen molar-refractivity contribution in [3.63, 3.8) is 0 Å². The fourth-order valence-electron chi connectivity index (χ4n) is 2.77. The van der Waals surface area contributed by atoms with Gasteiger partial charge < -0.3 is 20.4 Å². The molecule has 0 spiro atoms. The van der Waals surface area contributed by atoms with Crippen molar-refractivity contribution >= 4 is 23.6 Å². The molecular formula is C18H25N7O. The largest absolute Gasteiger partial charge is 0.347 e. The summed E-state index contributed by atoms with van der Waals surface area (Å²) in [6, 6.07) is 9.02. The molecule has 0 radical (unpaired) electrons. The first-order valence-corrected chi connectivity index (χ1v) is 8.89. The fourth-order valence-corrected chi connectivity index (χ4v) is 2.77. The van der Waals surface area contributed by atoms with Crippen molar-refractivity contribution in [3.05, 3.63) is 36.2 Å². The van der Waals surface area contributed by atoms with Crippen LogP contribution in [-0.4, -0.2) is 48.2 Å². The molecule has 1 aromatic carbocycles. The Hall–Kier alpha value is -2.90. The molecule has 2 heterocycles. The second kappa shape index (κ2) is 8.46. The number of hydrogen-bond donors (Lipinski definition) is 2. The van der Waals surface area contributed by atoms with E-state index in [-0.39, 0.29) is 12.6 Å². The van der Waals surface area contributed by atoms with E-state index in [9.17, 15) is 4.79 Å². The standard InChI is InChI=1S/C18H25N7O/c1-24(2)16-21-15(22-17(23-16)25-11-7-4-8-12-25)13-19-18(26)20-14-9-5-3-6-10-14/h3,5-6,9-10H,4,7-8,11-13H2,1-2H3,(H2,19,20,26). The van der Waals surface area contributed by atoms with Crippen molar-refractivity contribution in [1.29, 1.82) is 0 Å². The number of nitrogens with zero attached hydrogens (tertiary/aromatic N) is 5. The van der Waals surface area contributed by atoms with Crippen LogP contribution in [0.3, 0.4) is 0 Å². The van der Waals surface area contributed by atoms with E-state index in [4.69, 9.17) is 0 Å². The van der Waals surface area contributed by atoms with E-state index in [2.05, 4.69) is 30.5 Å². The number of amides is 2. The number of benzene rings is 1. The first-order chi connectivity index (χ1) is 12.6. The van der Waals surface area contributed by atoms with Gasteiger partial charge in [-0.3, -0.25) is 0 Å². The zero-order chi connectivity index (χ0) is 18.4. The van der Waals surface area contributed by atoms with Crippen LogP contribution >= 0.6 is 0 Å². The maximum atomic E-state index is 12.1. The number of nitrogens with one attached hydrogen (secondary N) is 2. The van der Waals surface area contributed by atoms with E-state index in [0.717, 1.165) is 31.6 Å². The fraction of sp³-hybridized carbons (Fsp3) is 0.444. The van der Waals surface area contributed by atoms with Gasteiger partial charge in [-0.2, -0.15) is 15.0 Å². The molecule has 3 rings (SSSR count). The Balaban J connectivity index is 1.67. The minimum Gasteiger partial charge on any atom is -0.347 e. The van der Waals surface area contributed by atoms with Crippen LogP contribution in [0.1, 0.15) is 25.1 Å². The highest BCUT2D eigenvalue weighted by molar-refractivity contribution is 5.89. The number of carbonyl (C=O) groups is 1. The molecule has 1 aliphatic rings. The summed E-state index contributed by atoms with van der Waals surface area (Å²) < 4.78 is 0. The highest BCUT2D eigenvalue weighted by Gasteiger charge is 2.17. The molecule has 0 atom stereocenters. The van der Waals surface area contributed by atoms with Gasteiger partial charge in [0, 0.05) is 32.9 Å². The van der Waals surface area contributed by atoms with E-state index in [0.29, 0.717) is 17.7 Å². The molecule has 138 valence electrons. The summed E-state index contributed by atoms with van der Waals surface area (Å²) in [5, 5.41) is 5.59. The predicted octanol–water partition coefficient (Wildman–Crippen LogP) is 2.25. The van der Waals surface area contributed by atoms with Crippen LogP contribution in [0.15, 0.2) is 30.3 Å². The normalized spacial score (nSPS) is 14.0. The van der Waals surface area contributed by atoms with Crippen molar-refractivity contribution in [1.82, 2.24) is 20.3 Å². The zero-order valence-electron chi connectivity index (χ0n) is 15.3. The maximum absolute atomic E-state index is 12.1. The smallest absolute Gasteiger partial charge is 0.319 e. The van der Waals surface area contributed by atoms with E-state index >= 15 is 0 Å². The summed E-state index contributed by atoms with van der Waals surface area (Å²) in [7, 11) is 3.79. The van der Waals surface area contributed by atoms with E-state index in [1.165, 1.54) is 6.42 Å². The van der Waals surface area contributed by atoms with E-state index in [1.807, 2.05) is 49.3 Å². The first kappa shape index (κ1) is 17.9. The number of aromatic nitrogens is 3. The number of anilines is 3. The lowest BCUT2D eigenvalue weighted by molar-refractivity contribution is 0.251. The van der Waals surface area contributed by atoms with Gasteiger partial charge in [0.15, 0.2) is 5.82 Å². The third-order valence-electron chi connectivity index (χ3n) is 4.14. The van der Waals surface area contributed by atoms with Crippen LogP contribution in [0, 0.1) is 0 Å². The van der Waals surface area contributed by atoms with Gasteiger partial charge in [0.05, 0.1) is 6.54 Å². The first-order valence-electron chi connectivity index (χ1n) is 8.89. The molecule has 0 saturated carbocycles. The molecule has 2 aromatic rings. The lowest BCUT2D eigenvalue weighted by atomic mass is 10.1. The Bertz CT molecular complexity index is 730. The van der Waals surface area contributed by atoms with Gasteiger partial charge in [-0.15, -0.1) is 0 Å². The average molecular weight is 355 g/mol. The topological polar surface area (TPSA) is 86.3 Å². The van der Waals surface area contributed by atoms with Crippen LogP contribution in [0.25, 0.3) is 0 Å². The number of urea groups is 1. The molecule has 0 aliphatic carbocycles. The summed E-state index contributed by atoms with van der Waals surface area (Å²) >= 11 is 0. The van der Waals surface area contributed by atoms with Gasteiger partial charge in [0.1, 0.15) is 0 Å². The van der Waals surface area contributed by atoms with Gasteiger partial charge in [0.25, 0.3) is 0 Å². The van der Waals surface area contributed by atoms with Crippen molar-refractivity contribution < 1.29 is 4.79 Å². The summed E-state index contributed by atoms with van der Waals surface area (Å²) in [5.74, 6) is 1.83. The Morgan fingerprint density at radius 1 is 1.08 bits per heavy atom. The number of piperidine rings is 1. The minimum atomic E-state index is -0.289. The molecule has 1 saturated heterocycles. The summed E-state index contributed by atoms with van der Waals surface area (Å²) in [5.41, 5.74) is 0.739. The summed E-state index contributed by atoms with van der Waals surface area (Å²) in [6.07, 6.45) is 3.54. The Labute approximate surface area is 153 Å². The van der Waals surface area contributed by atoms with Crippen LogP contribution in [0.2, 0.25) is 0 Å². The monoisotopic (exact) mass is 355 g/mol. The van der Waals surface area contributed by atoms with Gasteiger partial charge >= 0.3 is 6.03 Å². The number of para-hydroxylation sites is 1.